The van der Waals surface area contributed by atoms with E-state index in [1.54, 1.807) is 4.31 Å². The van der Waals surface area contributed by atoms with E-state index < -0.39 is 10.0 Å². The lowest BCUT2D eigenvalue weighted by molar-refractivity contribution is -0.0122. The van der Waals surface area contributed by atoms with E-state index in [1.807, 2.05) is 0 Å². The largest absolute Gasteiger partial charge is 0.381 e. The maximum Gasteiger partial charge on any atom is 0.211 e. The molecule has 0 amide bonds. The fourth-order valence-electron chi connectivity index (χ4n) is 3.34. The van der Waals surface area contributed by atoms with Crippen molar-refractivity contribution in [1.82, 2.24) is 4.31 Å². The molecule has 0 bridgehead atoms. The predicted molar refractivity (Wildman–Crippen MR) is 77.0 cm³/mol. The van der Waals surface area contributed by atoms with Crippen molar-refractivity contribution in [1.29, 1.82) is 0 Å². The Morgan fingerprint density at radius 2 is 2.21 bits per heavy atom. The van der Waals surface area contributed by atoms with Gasteiger partial charge in [0.1, 0.15) is 0 Å². The topological polar surface area (TPSA) is 46.6 Å². The molecule has 2 aliphatic rings. The first-order valence-electron chi connectivity index (χ1n) is 7.04. The zero-order valence-electron chi connectivity index (χ0n) is 11.6. The SMILES string of the molecule is CS(=O)(=O)N1CCCC(CC2(CCl)CCCOC2)C1. The van der Waals surface area contributed by atoms with Crippen LogP contribution in [0.3, 0.4) is 0 Å². The van der Waals surface area contributed by atoms with E-state index in [-0.39, 0.29) is 5.41 Å². The van der Waals surface area contributed by atoms with Crippen molar-refractivity contribution in [2.45, 2.75) is 32.1 Å². The van der Waals surface area contributed by atoms with Crippen LogP contribution in [0, 0.1) is 11.3 Å². The lowest BCUT2D eigenvalue weighted by Gasteiger charge is -2.40. The van der Waals surface area contributed by atoms with Gasteiger partial charge in [-0.15, -0.1) is 11.6 Å². The second-order valence-electron chi connectivity index (χ2n) is 6.12. The third-order valence-electron chi connectivity index (χ3n) is 4.36. The summed E-state index contributed by atoms with van der Waals surface area (Å²) in [6.45, 7) is 2.88. The highest BCUT2D eigenvalue weighted by Gasteiger charge is 2.37. The zero-order chi connectivity index (χ0) is 13.9. The highest BCUT2D eigenvalue weighted by molar-refractivity contribution is 7.88. The summed E-state index contributed by atoms with van der Waals surface area (Å²) in [7, 11) is -3.06. The van der Waals surface area contributed by atoms with Gasteiger partial charge in [-0.3, -0.25) is 0 Å². The lowest BCUT2D eigenvalue weighted by atomic mass is 9.75. The number of hydrogen-bond donors (Lipinski definition) is 0. The number of piperidine rings is 1. The molecule has 0 aromatic carbocycles. The summed E-state index contributed by atoms with van der Waals surface area (Å²) in [4.78, 5) is 0. The second-order valence-corrected chi connectivity index (χ2v) is 8.37. The molecule has 2 unspecified atom stereocenters. The van der Waals surface area contributed by atoms with Gasteiger partial charge >= 0.3 is 0 Å². The van der Waals surface area contributed by atoms with E-state index in [4.69, 9.17) is 16.3 Å². The lowest BCUT2D eigenvalue weighted by Crippen LogP contribution is -2.43. The number of hydrogen-bond acceptors (Lipinski definition) is 3. The molecule has 0 aromatic heterocycles. The normalized spacial score (nSPS) is 34.3. The third kappa shape index (κ3) is 4.06. The molecular formula is C13H24ClNO3S. The van der Waals surface area contributed by atoms with Crippen LogP contribution >= 0.6 is 11.6 Å². The Hall–Kier alpha value is 0.160. The van der Waals surface area contributed by atoms with Gasteiger partial charge < -0.3 is 4.74 Å². The number of alkyl halides is 1. The molecule has 0 N–H and O–H groups in total. The van der Waals surface area contributed by atoms with Crippen LogP contribution in [-0.4, -0.2) is 51.2 Å². The summed E-state index contributed by atoms with van der Waals surface area (Å²) in [5.74, 6) is 1.03. The Labute approximate surface area is 121 Å². The molecule has 2 heterocycles. The molecule has 2 aliphatic heterocycles. The maximum atomic E-state index is 11.6. The van der Waals surface area contributed by atoms with E-state index in [0.717, 1.165) is 45.3 Å². The summed E-state index contributed by atoms with van der Waals surface area (Å²) < 4.78 is 30.5. The van der Waals surface area contributed by atoms with Crippen LogP contribution in [0.25, 0.3) is 0 Å². The highest BCUT2D eigenvalue weighted by atomic mass is 35.5. The van der Waals surface area contributed by atoms with Crippen molar-refractivity contribution < 1.29 is 13.2 Å². The van der Waals surface area contributed by atoms with Gasteiger partial charge in [-0.25, -0.2) is 12.7 Å². The number of rotatable bonds is 4. The van der Waals surface area contributed by atoms with Gasteiger partial charge in [-0.05, 0) is 38.0 Å². The molecule has 0 aliphatic carbocycles. The molecule has 0 saturated carbocycles. The minimum absolute atomic E-state index is 0.0605. The van der Waals surface area contributed by atoms with E-state index in [1.165, 1.54) is 6.26 Å². The van der Waals surface area contributed by atoms with Crippen molar-refractivity contribution in [2.75, 3.05) is 38.4 Å². The van der Waals surface area contributed by atoms with Crippen molar-refractivity contribution in [3.63, 3.8) is 0 Å². The Balaban J connectivity index is 1.97. The van der Waals surface area contributed by atoms with Crippen LogP contribution in [0.1, 0.15) is 32.1 Å². The quantitative estimate of drug-likeness (QED) is 0.747. The van der Waals surface area contributed by atoms with Crippen LogP contribution < -0.4 is 0 Å². The maximum absolute atomic E-state index is 11.6. The van der Waals surface area contributed by atoms with Gasteiger partial charge in [0, 0.05) is 31.0 Å². The van der Waals surface area contributed by atoms with E-state index in [0.29, 0.717) is 24.9 Å². The number of nitrogens with zero attached hydrogens (tertiary/aromatic N) is 1. The Morgan fingerprint density at radius 3 is 2.79 bits per heavy atom. The van der Waals surface area contributed by atoms with Crippen molar-refractivity contribution in [3.05, 3.63) is 0 Å². The molecule has 0 aromatic rings. The fraction of sp³-hybridized carbons (Fsp3) is 1.00. The van der Waals surface area contributed by atoms with Crippen molar-refractivity contribution >= 4 is 21.6 Å². The molecule has 4 nitrogen and oxygen atoms in total. The molecule has 6 heteroatoms. The standard InChI is InChI=1S/C13H24ClNO3S/c1-19(16,17)15-6-2-4-12(9-15)8-13(10-14)5-3-7-18-11-13/h12H,2-11H2,1H3. The van der Waals surface area contributed by atoms with Crippen LogP contribution in [0.4, 0.5) is 0 Å². The third-order valence-corrected chi connectivity index (χ3v) is 6.20. The first-order valence-corrected chi connectivity index (χ1v) is 9.42. The van der Waals surface area contributed by atoms with Gasteiger partial charge in [0.15, 0.2) is 0 Å². The number of ether oxygens (including phenoxy) is 1. The van der Waals surface area contributed by atoms with Crippen LogP contribution in [0.15, 0.2) is 0 Å². The number of halogens is 1. The number of sulfonamides is 1. The Bertz CT molecular complexity index is 393. The second kappa shape index (κ2) is 6.29. The molecule has 112 valence electrons. The molecule has 2 atom stereocenters. The van der Waals surface area contributed by atoms with Crippen molar-refractivity contribution in [3.8, 4) is 0 Å². The van der Waals surface area contributed by atoms with Crippen LogP contribution in [0.2, 0.25) is 0 Å². The van der Waals surface area contributed by atoms with Crippen LogP contribution in [0.5, 0.6) is 0 Å². The average molecular weight is 310 g/mol. The molecule has 0 spiro atoms. The predicted octanol–water partition coefficient (Wildman–Crippen LogP) is 2.08. The molecular weight excluding hydrogens is 286 g/mol. The van der Waals surface area contributed by atoms with Gasteiger partial charge in [0.25, 0.3) is 0 Å². The van der Waals surface area contributed by atoms with Gasteiger partial charge in [0.05, 0.1) is 12.9 Å². The first kappa shape index (κ1) is 15.5. The minimum atomic E-state index is -3.06. The fourth-order valence-corrected chi connectivity index (χ4v) is 4.60. The van der Waals surface area contributed by atoms with Gasteiger partial charge in [0.2, 0.25) is 10.0 Å². The average Bonchev–Trinajstić information content (AvgIpc) is 2.39. The summed E-state index contributed by atoms with van der Waals surface area (Å²) >= 11 is 6.17. The van der Waals surface area contributed by atoms with E-state index in [2.05, 4.69) is 0 Å². The highest BCUT2D eigenvalue weighted by Crippen LogP contribution is 2.39. The van der Waals surface area contributed by atoms with E-state index in [9.17, 15) is 8.42 Å². The summed E-state index contributed by atoms with van der Waals surface area (Å²) in [5.41, 5.74) is 0.0605. The molecule has 19 heavy (non-hydrogen) atoms. The molecule has 2 rings (SSSR count). The molecule has 2 saturated heterocycles. The monoisotopic (exact) mass is 309 g/mol. The van der Waals surface area contributed by atoms with Crippen molar-refractivity contribution in [2.24, 2.45) is 11.3 Å². The van der Waals surface area contributed by atoms with Crippen LogP contribution in [-0.2, 0) is 14.8 Å². The summed E-state index contributed by atoms with van der Waals surface area (Å²) in [6, 6.07) is 0. The summed E-state index contributed by atoms with van der Waals surface area (Å²) in [5, 5.41) is 0. The molecule has 2 fully saturated rings. The Kier molecular flexibility index (Phi) is 5.15. The minimum Gasteiger partial charge on any atom is -0.381 e. The van der Waals surface area contributed by atoms with Gasteiger partial charge in [-0.1, -0.05) is 0 Å². The molecule has 0 radical (unpaired) electrons. The zero-order valence-corrected chi connectivity index (χ0v) is 13.2. The smallest absolute Gasteiger partial charge is 0.211 e. The van der Waals surface area contributed by atoms with E-state index >= 15 is 0 Å². The van der Waals surface area contributed by atoms with Gasteiger partial charge in [-0.2, -0.15) is 0 Å². The first-order chi connectivity index (χ1) is 8.95. The summed E-state index contributed by atoms with van der Waals surface area (Å²) in [6.07, 6.45) is 6.52. The Morgan fingerprint density at radius 1 is 1.42 bits per heavy atom.